The van der Waals surface area contributed by atoms with Gasteiger partial charge in [-0.3, -0.25) is 4.98 Å². The van der Waals surface area contributed by atoms with E-state index in [1.807, 2.05) is 13.8 Å². The Morgan fingerprint density at radius 1 is 1.42 bits per heavy atom. The zero-order chi connectivity index (χ0) is 8.72. The molecule has 0 aliphatic carbocycles. The van der Waals surface area contributed by atoms with Gasteiger partial charge in [-0.1, -0.05) is 0 Å². The van der Waals surface area contributed by atoms with Crippen LogP contribution in [0.5, 0.6) is 0 Å². The van der Waals surface area contributed by atoms with Gasteiger partial charge in [0, 0.05) is 6.20 Å². The van der Waals surface area contributed by atoms with Crippen LogP contribution in [-0.4, -0.2) is 19.6 Å². The third-order valence-electron chi connectivity index (χ3n) is 1.73. The van der Waals surface area contributed by atoms with Crippen LogP contribution in [0.15, 0.2) is 6.20 Å². The molecule has 5 heteroatoms. The van der Waals surface area contributed by atoms with E-state index < -0.39 is 0 Å². The van der Waals surface area contributed by atoms with Crippen LogP contribution in [0.2, 0.25) is 0 Å². The molecule has 0 bridgehead atoms. The SMILES string of the molecule is Cc1ncc(C)n2nc(N)nc12. The van der Waals surface area contributed by atoms with Crippen molar-refractivity contribution in [3.63, 3.8) is 0 Å². The predicted octanol–water partition coefficient (Wildman–Crippen LogP) is 0.323. The van der Waals surface area contributed by atoms with Crippen LogP contribution in [0.1, 0.15) is 11.4 Å². The second-order valence-corrected chi connectivity index (χ2v) is 2.69. The molecule has 2 heterocycles. The summed E-state index contributed by atoms with van der Waals surface area (Å²) in [6.07, 6.45) is 1.75. The summed E-state index contributed by atoms with van der Waals surface area (Å²) < 4.78 is 1.69. The Hall–Kier alpha value is -1.65. The number of anilines is 1. The number of hydrogen-bond donors (Lipinski definition) is 1. The van der Waals surface area contributed by atoms with Gasteiger partial charge in [0.1, 0.15) is 0 Å². The summed E-state index contributed by atoms with van der Waals surface area (Å²) in [6.45, 7) is 3.79. The van der Waals surface area contributed by atoms with E-state index in [2.05, 4.69) is 15.1 Å². The number of aryl methyl sites for hydroxylation is 2. The maximum absolute atomic E-state index is 5.46. The van der Waals surface area contributed by atoms with Gasteiger partial charge >= 0.3 is 0 Å². The van der Waals surface area contributed by atoms with Crippen LogP contribution < -0.4 is 5.73 Å². The number of hydrogen-bond acceptors (Lipinski definition) is 4. The first-order chi connectivity index (χ1) is 5.68. The molecule has 0 unspecified atom stereocenters. The third-order valence-corrected chi connectivity index (χ3v) is 1.73. The fraction of sp³-hybridized carbons (Fsp3) is 0.286. The van der Waals surface area contributed by atoms with Crippen molar-refractivity contribution < 1.29 is 0 Å². The molecule has 2 rings (SSSR count). The molecule has 0 saturated heterocycles. The Labute approximate surface area is 69.2 Å². The Morgan fingerprint density at radius 2 is 2.17 bits per heavy atom. The predicted molar refractivity (Wildman–Crippen MR) is 44.7 cm³/mol. The fourth-order valence-electron chi connectivity index (χ4n) is 1.11. The number of fused-ring (bicyclic) bond motifs is 1. The first-order valence-electron chi connectivity index (χ1n) is 3.63. The summed E-state index contributed by atoms with van der Waals surface area (Å²) in [6, 6.07) is 0. The molecule has 2 aromatic heterocycles. The van der Waals surface area contributed by atoms with Crippen LogP contribution in [0.25, 0.3) is 5.65 Å². The van der Waals surface area contributed by atoms with E-state index in [0.29, 0.717) is 0 Å². The van der Waals surface area contributed by atoms with Crippen molar-refractivity contribution in [3.8, 4) is 0 Å². The molecule has 0 aliphatic rings. The molecule has 0 spiro atoms. The summed E-state index contributed by atoms with van der Waals surface area (Å²) in [5, 5.41) is 4.02. The lowest BCUT2D eigenvalue weighted by atomic mass is 10.4. The van der Waals surface area contributed by atoms with Gasteiger partial charge < -0.3 is 5.73 Å². The zero-order valence-electron chi connectivity index (χ0n) is 6.94. The van der Waals surface area contributed by atoms with Gasteiger partial charge in [-0.2, -0.15) is 4.98 Å². The van der Waals surface area contributed by atoms with Crippen molar-refractivity contribution in [1.82, 2.24) is 19.6 Å². The summed E-state index contributed by atoms with van der Waals surface area (Å²) in [5.41, 5.74) is 7.95. The van der Waals surface area contributed by atoms with E-state index in [9.17, 15) is 0 Å². The van der Waals surface area contributed by atoms with Crippen molar-refractivity contribution >= 4 is 11.6 Å². The van der Waals surface area contributed by atoms with Crippen LogP contribution >= 0.6 is 0 Å². The molecule has 5 nitrogen and oxygen atoms in total. The monoisotopic (exact) mass is 163 g/mol. The Kier molecular flexibility index (Phi) is 1.27. The van der Waals surface area contributed by atoms with Crippen LogP contribution in [0.3, 0.4) is 0 Å². The normalized spacial score (nSPS) is 10.8. The van der Waals surface area contributed by atoms with Gasteiger partial charge in [0.25, 0.3) is 0 Å². The molecule has 0 radical (unpaired) electrons. The first kappa shape index (κ1) is 7.02. The molecule has 0 atom stereocenters. The second-order valence-electron chi connectivity index (χ2n) is 2.69. The lowest BCUT2D eigenvalue weighted by Crippen LogP contribution is -1.97. The molecule has 0 saturated carbocycles. The van der Waals surface area contributed by atoms with E-state index >= 15 is 0 Å². The van der Waals surface area contributed by atoms with Crippen molar-refractivity contribution in [3.05, 3.63) is 17.6 Å². The van der Waals surface area contributed by atoms with Crippen LogP contribution in [0.4, 0.5) is 5.95 Å². The highest BCUT2D eigenvalue weighted by Crippen LogP contribution is 2.07. The van der Waals surface area contributed by atoms with E-state index in [0.717, 1.165) is 17.0 Å². The molecule has 0 aliphatic heterocycles. The van der Waals surface area contributed by atoms with Gasteiger partial charge in [-0.05, 0) is 13.8 Å². The van der Waals surface area contributed by atoms with E-state index in [-0.39, 0.29) is 5.95 Å². The smallest absolute Gasteiger partial charge is 0.240 e. The molecule has 12 heavy (non-hydrogen) atoms. The zero-order valence-corrected chi connectivity index (χ0v) is 6.94. The standard InChI is InChI=1S/C7H9N5/c1-4-3-9-5(2)6-10-7(8)11-12(4)6/h3H,1-2H3,(H2,8,11). The third kappa shape index (κ3) is 0.827. The number of aromatic nitrogens is 4. The van der Waals surface area contributed by atoms with Gasteiger partial charge in [-0.15, -0.1) is 5.10 Å². The van der Waals surface area contributed by atoms with E-state index in [4.69, 9.17) is 5.73 Å². The summed E-state index contributed by atoms with van der Waals surface area (Å²) in [7, 11) is 0. The number of rotatable bonds is 0. The molecule has 0 aromatic carbocycles. The van der Waals surface area contributed by atoms with Gasteiger partial charge in [0.05, 0.1) is 11.4 Å². The van der Waals surface area contributed by atoms with Crippen molar-refractivity contribution in [1.29, 1.82) is 0 Å². The fourth-order valence-corrected chi connectivity index (χ4v) is 1.11. The van der Waals surface area contributed by atoms with Crippen LogP contribution in [-0.2, 0) is 0 Å². The van der Waals surface area contributed by atoms with Gasteiger partial charge in [-0.25, -0.2) is 4.52 Å². The average molecular weight is 163 g/mol. The van der Waals surface area contributed by atoms with Crippen LogP contribution in [0, 0.1) is 13.8 Å². The van der Waals surface area contributed by atoms with Crippen molar-refractivity contribution in [2.45, 2.75) is 13.8 Å². The maximum Gasteiger partial charge on any atom is 0.240 e. The van der Waals surface area contributed by atoms with E-state index in [1.54, 1.807) is 10.7 Å². The number of nitrogens with two attached hydrogens (primary N) is 1. The Bertz CT molecular complexity index is 392. The first-order valence-corrected chi connectivity index (χ1v) is 3.63. The minimum Gasteiger partial charge on any atom is -0.366 e. The van der Waals surface area contributed by atoms with Gasteiger partial charge in [0.2, 0.25) is 5.95 Å². The summed E-state index contributed by atoms with van der Waals surface area (Å²) >= 11 is 0. The molecule has 0 amide bonds. The van der Waals surface area contributed by atoms with Crippen molar-refractivity contribution in [2.24, 2.45) is 0 Å². The van der Waals surface area contributed by atoms with Crippen molar-refractivity contribution in [2.75, 3.05) is 5.73 Å². The highest BCUT2D eigenvalue weighted by Gasteiger charge is 2.05. The molecule has 2 aromatic rings. The molecular weight excluding hydrogens is 154 g/mol. The summed E-state index contributed by atoms with van der Waals surface area (Å²) in [5.74, 6) is 0.286. The Balaban J connectivity index is 2.93. The minimum atomic E-state index is 0.286. The highest BCUT2D eigenvalue weighted by molar-refractivity contribution is 5.46. The molecule has 0 fully saturated rings. The quantitative estimate of drug-likeness (QED) is 0.607. The molecule has 62 valence electrons. The Morgan fingerprint density at radius 3 is 2.83 bits per heavy atom. The van der Waals surface area contributed by atoms with E-state index in [1.165, 1.54) is 0 Å². The maximum atomic E-state index is 5.46. The second kappa shape index (κ2) is 2.17. The number of nitrogens with zero attached hydrogens (tertiary/aromatic N) is 4. The number of nitrogen functional groups attached to an aromatic ring is 1. The lowest BCUT2D eigenvalue weighted by molar-refractivity contribution is 0.892. The average Bonchev–Trinajstić information content (AvgIpc) is 2.41. The largest absolute Gasteiger partial charge is 0.366 e. The lowest BCUT2D eigenvalue weighted by Gasteiger charge is -1.97. The van der Waals surface area contributed by atoms with Gasteiger partial charge in [0.15, 0.2) is 5.65 Å². The topological polar surface area (TPSA) is 69.1 Å². The molecular formula is C7H9N5. The molecule has 2 N–H and O–H groups in total. The highest BCUT2D eigenvalue weighted by atomic mass is 15.3. The summed E-state index contributed by atoms with van der Waals surface area (Å²) in [4.78, 5) is 8.18. The minimum absolute atomic E-state index is 0.286.